The Labute approximate surface area is 138 Å². The van der Waals surface area contributed by atoms with Gasteiger partial charge in [-0.15, -0.1) is 0 Å². The number of benzene rings is 1. The second kappa shape index (κ2) is 6.67. The highest BCUT2D eigenvalue weighted by Gasteiger charge is 2.16. The van der Waals surface area contributed by atoms with E-state index in [1.54, 1.807) is 23.7 Å². The first-order chi connectivity index (χ1) is 11.6. The highest BCUT2D eigenvalue weighted by atomic mass is 16.5. The molecule has 0 aliphatic heterocycles. The Hall–Kier alpha value is -2.93. The van der Waals surface area contributed by atoms with Crippen LogP contribution in [-0.4, -0.2) is 32.6 Å². The van der Waals surface area contributed by atoms with Crippen LogP contribution in [0.25, 0.3) is 11.3 Å². The van der Waals surface area contributed by atoms with Gasteiger partial charge in [0.1, 0.15) is 11.6 Å². The Kier molecular flexibility index (Phi) is 4.43. The predicted octanol–water partition coefficient (Wildman–Crippen LogP) is 2.40. The molecule has 1 amide bonds. The maximum atomic E-state index is 12.3. The summed E-state index contributed by atoms with van der Waals surface area (Å²) in [4.78, 5) is 12.3. The third-order valence-corrected chi connectivity index (χ3v) is 3.61. The van der Waals surface area contributed by atoms with E-state index in [0.717, 1.165) is 16.8 Å². The highest BCUT2D eigenvalue weighted by Crippen LogP contribution is 2.25. The normalized spacial score (nSPS) is 10.8. The van der Waals surface area contributed by atoms with Crippen molar-refractivity contribution in [2.75, 3.05) is 11.9 Å². The van der Waals surface area contributed by atoms with Gasteiger partial charge in [-0.1, -0.05) is 29.4 Å². The number of hydrogen-bond acceptors (Lipinski definition) is 5. The van der Waals surface area contributed by atoms with Crippen molar-refractivity contribution in [1.82, 2.24) is 14.9 Å². The highest BCUT2D eigenvalue weighted by molar-refractivity contribution is 6.02. The molecular weight excluding hydrogens is 308 g/mol. The lowest BCUT2D eigenvalue weighted by atomic mass is 10.1. The molecule has 0 saturated carbocycles. The van der Waals surface area contributed by atoms with E-state index in [4.69, 9.17) is 4.52 Å². The van der Waals surface area contributed by atoms with Gasteiger partial charge in [-0.3, -0.25) is 4.79 Å². The van der Waals surface area contributed by atoms with E-state index in [1.807, 2.05) is 31.2 Å². The molecule has 3 aromatic rings. The molecule has 0 fully saturated rings. The number of nitrogens with zero attached hydrogens (tertiary/aromatic N) is 3. The number of aryl methyl sites for hydroxylation is 2. The zero-order chi connectivity index (χ0) is 17.1. The molecule has 3 rings (SSSR count). The average molecular weight is 326 g/mol. The summed E-state index contributed by atoms with van der Waals surface area (Å²) < 4.78 is 6.48. The zero-order valence-corrected chi connectivity index (χ0v) is 13.5. The largest absolute Gasteiger partial charge is 0.394 e. The minimum absolute atomic E-state index is 0.0825. The summed E-state index contributed by atoms with van der Waals surface area (Å²) in [7, 11) is 0. The number of aliphatic hydroxyl groups is 1. The van der Waals surface area contributed by atoms with Crippen molar-refractivity contribution in [3.63, 3.8) is 0 Å². The summed E-state index contributed by atoms with van der Waals surface area (Å²) >= 11 is 0. The van der Waals surface area contributed by atoms with Crippen LogP contribution in [0.5, 0.6) is 0 Å². The van der Waals surface area contributed by atoms with Gasteiger partial charge in [-0.25, -0.2) is 4.68 Å². The quantitative estimate of drug-likeness (QED) is 0.751. The van der Waals surface area contributed by atoms with Crippen LogP contribution in [0.2, 0.25) is 0 Å². The van der Waals surface area contributed by atoms with Crippen LogP contribution in [0.1, 0.15) is 21.8 Å². The van der Waals surface area contributed by atoms with Crippen LogP contribution in [0.15, 0.2) is 40.9 Å². The third kappa shape index (κ3) is 3.21. The van der Waals surface area contributed by atoms with Crippen molar-refractivity contribution in [3.8, 4) is 11.3 Å². The van der Waals surface area contributed by atoms with E-state index in [-0.39, 0.29) is 24.8 Å². The SMILES string of the molecule is Cc1cc(C(=O)Nc2cc(-c3ccccc3C)nn2CCO)no1. The number of rotatable bonds is 5. The first-order valence-corrected chi connectivity index (χ1v) is 7.58. The fourth-order valence-corrected chi connectivity index (χ4v) is 2.43. The number of amides is 1. The molecule has 2 aromatic heterocycles. The van der Waals surface area contributed by atoms with E-state index in [2.05, 4.69) is 15.6 Å². The lowest BCUT2D eigenvalue weighted by Gasteiger charge is -2.05. The molecule has 2 heterocycles. The molecule has 24 heavy (non-hydrogen) atoms. The van der Waals surface area contributed by atoms with Crippen molar-refractivity contribution in [2.24, 2.45) is 0 Å². The molecule has 7 nitrogen and oxygen atoms in total. The summed E-state index contributed by atoms with van der Waals surface area (Å²) in [5.74, 6) is 0.667. The van der Waals surface area contributed by atoms with Crippen LogP contribution in [0.3, 0.4) is 0 Å². The Morgan fingerprint density at radius 1 is 1.29 bits per heavy atom. The maximum Gasteiger partial charge on any atom is 0.278 e. The lowest BCUT2D eigenvalue weighted by molar-refractivity contribution is 0.101. The Balaban J connectivity index is 1.92. The van der Waals surface area contributed by atoms with E-state index >= 15 is 0 Å². The fraction of sp³-hybridized carbons (Fsp3) is 0.235. The van der Waals surface area contributed by atoms with Crippen molar-refractivity contribution in [3.05, 3.63) is 53.4 Å². The molecule has 0 bridgehead atoms. The molecule has 1 aromatic carbocycles. The Morgan fingerprint density at radius 3 is 2.75 bits per heavy atom. The van der Waals surface area contributed by atoms with Crippen LogP contribution in [0.4, 0.5) is 5.82 Å². The van der Waals surface area contributed by atoms with Gasteiger partial charge in [-0.05, 0) is 19.4 Å². The Bertz CT molecular complexity index is 866. The van der Waals surface area contributed by atoms with Gasteiger partial charge in [0, 0.05) is 17.7 Å². The van der Waals surface area contributed by atoms with Crippen molar-refractivity contribution < 1.29 is 14.4 Å². The smallest absolute Gasteiger partial charge is 0.278 e. The van der Waals surface area contributed by atoms with Crippen molar-refractivity contribution in [1.29, 1.82) is 0 Å². The topological polar surface area (TPSA) is 93.2 Å². The number of hydrogen-bond donors (Lipinski definition) is 2. The number of aromatic nitrogens is 3. The number of carbonyl (C=O) groups is 1. The summed E-state index contributed by atoms with van der Waals surface area (Å²) in [6.45, 7) is 3.91. The molecule has 124 valence electrons. The molecule has 0 aliphatic carbocycles. The molecule has 0 atom stereocenters. The van der Waals surface area contributed by atoms with Gasteiger partial charge in [0.05, 0.1) is 18.8 Å². The van der Waals surface area contributed by atoms with Crippen molar-refractivity contribution >= 4 is 11.7 Å². The van der Waals surface area contributed by atoms with Crippen LogP contribution in [0, 0.1) is 13.8 Å². The minimum atomic E-state index is -0.387. The summed E-state index contributed by atoms with van der Waals surface area (Å²) in [5.41, 5.74) is 2.98. The molecule has 0 saturated heterocycles. The first-order valence-electron chi connectivity index (χ1n) is 7.58. The van der Waals surface area contributed by atoms with E-state index < -0.39 is 0 Å². The number of aliphatic hydroxyl groups excluding tert-OH is 1. The zero-order valence-electron chi connectivity index (χ0n) is 13.5. The van der Waals surface area contributed by atoms with E-state index in [9.17, 15) is 9.90 Å². The molecular formula is C17H18N4O3. The van der Waals surface area contributed by atoms with Gasteiger partial charge in [0.2, 0.25) is 0 Å². The lowest BCUT2D eigenvalue weighted by Crippen LogP contribution is -2.17. The van der Waals surface area contributed by atoms with Crippen LogP contribution < -0.4 is 5.32 Å². The standard InChI is InChI=1S/C17H18N4O3/c1-11-5-3-4-6-13(11)14-10-16(21(19-14)7-8-22)18-17(23)15-9-12(2)24-20-15/h3-6,9-10,22H,7-8H2,1-2H3,(H,18,23). The van der Waals surface area contributed by atoms with Gasteiger partial charge in [-0.2, -0.15) is 5.10 Å². The van der Waals surface area contributed by atoms with Crippen LogP contribution >= 0.6 is 0 Å². The number of nitrogens with one attached hydrogen (secondary N) is 1. The molecule has 0 radical (unpaired) electrons. The second-order valence-electron chi connectivity index (χ2n) is 5.45. The van der Waals surface area contributed by atoms with Crippen LogP contribution in [-0.2, 0) is 6.54 Å². The van der Waals surface area contributed by atoms with E-state index in [1.165, 1.54) is 0 Å². The summed E-state index contributed by atoms with van der Waals surface area (Å²) in [6.07, 6.45) is 0. The van der Waals surface area contributed by atoms with Gasteiger partial charge in [0.25, 0.3) is 5.91 Å². The summed E-state index contributed by atoms with van der Waals surface area (Å²) in [5, 5.41) is 20.2. The number of carbonyl (C=O) groups excluding carboxylic acids is 1. The molecule has 2 N–H and O–H groups in total. The molecule has 0 unspecified atom stereocenters. The van der Waals surface area contributed by atoms with Gasteiger partial charge >= 0.3 is 0 Å². The first kappa shape index (κ1) is 15.9. The fourth-order valence-electron chi connectivity index (χ4n) is 2.43. The average Bonchev–Trinajstić information content (AvgIpc) is 3.15. The number of anilines is 1. The van der Waals surface area contributed by atoms with E-state index in [0.29, 0.717) is 11.6 Å². The molecule has 7 heteroatoms. The predicted molar refractivity (Wildman–Crippen MR) is 88.7 cm³/mol. The van der Waals surface area contributed by atoms with Crippen molar-refractivity contribution in [2.45, 2.75) is 20.4 Å². The molecule has 0 aliphatic rings. The van der Waals surface area contributed by atoms with Gasteiger partial charge in [0.15, 0.2) is 5.69 Å². The third-order valence-electron chi connectivity index (χ3n) is 3.61. The Morgan fingerprint density at radius 2 is 2.08 bits per heavy atom. The minimum Gasteiger partial charge on any atom is -0.394 e. The van der Waals surface area contributed by atoms with Gasteiger partial charge < -0.3 is 14.9 Å². The second-order valence-corrected chi connectivity index (χ2v) is 5.45. The monoisotopic (exact) mass is 326 g/mol. The summed E-state index contributed by atoms with van der Waals surface area (Å²) in [6, 6.07) is 11.2. The molecule has 0 spiro atoms. The maximum absolute atomic E-state index is 12.3.